The van der Waals surface area contributed by atoms with Gasteiger partial charge in [0.25, 0.3) is 0 Å². The molecule has 1 aliphatic rings. The molecule has 0 bridgehead atoms. The average molecular weight is 311 g/mol. The third kappa shape index (κ3) is 3.25. The van der Waals surface area contributed by atoms with Gasteiger partial charge < -0.3 is 5.32 Å². The molecule has 2 nitrogen and oxygen atoms in total. The molecule has 1 aromatic heterocycles. The first kappa shape index (κ1) is 13.9. The summed E-state index contributed by atoms with van der Waals surface area (Å²) in [6.45, 7) is 9.18. The molecule has 0 saturated heterocycles. The maximum absolute atomic E-state index is 4.45. The van der Waals surface area contributed by atoms with E-state index >= 15 is 0 Å². The third-order valence-corrected chi connectivity index (χ3v) is 4.53. The van der Waals surface area contributed by atoms with Gasteiger partial charge in [-0.3, -0.25) is 0 Å². The number of hydrogen-bond acceptors (Lipinski definition) is 2. The fourth-order valence-corrected chi connectivity index (χ4v) is 3.44. The lowest BCUT2D eigenvalue weighted by molar-refractivity contribution is 0.177. The van der Waals surface area contributed by atoms with Crippen LogP contribution in [-0.4, -0.2) is 11.0 Å². The van der Waals surface area contributed by atoms with E-state index in [-0.39, 0.29) is 0 Å². The molecular formula is C15H23BrN2. The highest BCUT2D eigenvalue weighted by atomic mass is 79.9. The van der Waals surface area contributed by atoms with Crippen molar-refractivity contribution in [1.29, 1.82) is 0 Å². The smallest absolute Gasteiger partial charge is 0.106 e. The highest BCUT2D eigenvalue weighted by molar-refractivity contribution is 9.10. The van der Waals surface area contributed by atoms with E-state index in [4.69, 9.17) is 0 Å². The Hall–Kier alpha value is -0.570. The number of rotatable bonds is 2. The zero-order valence-corrected chi connectivity index (χ0v) is 13.3. The van der Waals surface area contributed by atoms with Crippen LogP contribution in [0.15, 0.2) is 16.7 Å². The second kappa shape index (κ2) is 5.20. The van der Waals surface area contributed by atoms with E-state index in [1.807, 2.05) is 6.07 Å². The molecule has 1 aliphatic carbocycles. The Labute approximate surface area is 119 Å². The summed E-state index contributed by atoms with van der Waals surface area (Å²) in [6, 6.07) is 4.71. The number of anilines is 1. The van der Waals surface area contributed by atoms with Gasteiger partial charge in [-0.25, -0.2) is 4.98 Å². The van der Waals surface area contributed by atoms with E-state index in [1.165, 1.54) is 24.9 Å². The van der Waals surface area contributed by atoms with Gasteiger partial charge in [0, 0.05) is 6.04 Å². The minimum absolute atomic E-state index is 0.505. The van der Waals surface area contributed by atoms with E-state index in [0.717, 1.165) is 16.2 Å². The van der Waals surface area contributed by atoms with Crippen LogP contribution >= 0.6 is 15.9 Å². The maximum Gasteiger partial charge on any atom is 0.106 e. The molecule has 1 N–H and O–H groups in total. The number of pyridine rings is 1. The lowest BCUT2D eigenvalue weighted by atomic mass is 9.70. The van der Waals surface area contributed by atoms with Crippen LogP contribution in [0.25, 0.3) is 0 Å². The van der Waals surface area contributed by atoms with Gasteiger partial charge in [-0.15, -0.1) is 0 Å². The Kier molecular flexibility index (Phi) is 4.00. The largest absolute Gasteiger partial charge is 0.381 e. The zero-order valence-electron chi connectivity index (χ0n) is 11.8. The van der Waals surface area contributed by atoms with Crippen molar-refractivity contribution in [2.45, 2.75) is 53.0 Å². The summed E-state index contributed by atoms with van der Waals surface area (Å²) < 4.78 is 0.906. The summed E-state index contributed by atoms with van der Waals surface area (Å²) in [6.07, 6.45) is 3.86. The number of aromatic nitrogens is 1. The minimum atomic E-state index is 0.505. The SMILES string of the molecule is Cc1nc(Br)ccc1NC1CCC(C)(C)CC1C. The standard InChI is InChI=1S/C15H23BrN2/c1-10-9-15(3,4)8-7-12(10)18-13-5-6-14(16)17-11(13)2/h5-6,10,12,18H,7-9H2,1-4H3. The van der Waals surface area contributed by atoms with Crippen LogP contribution in [0, 0.1) is 18.3 Å². The van der Waals surface area contributed by atoms with Crippen LogP contribution in [0.3, 0.4) is 0 Å². The van der Waals surface area contributed by atoms with Crippen molar-refractivity contribution >= 4 is 21.6 Å². The second-order valence-electron chi connectivity index (χ2n) is 6.40. The van der Waals surface area contributed by atoms with E-state index in [2.05, 4.69) is 60.0 Å². The lowest BCUT2D eigenvalue weighted by Crippen LogP contribution is -2.37. The molecule has 1 saturated carbocycles. The number of aryl methyl sites for hydroxylation is 1. The summed E-state index contributed by atoms with van der Waals surface area (Å²) >= 11 is 3.41. The van der Waals surface area contributed by atoms with Crippen molar-refractivity contribution in [2.24, 2.45) is 11.3 Å². The number of hydrogen-bond donors (Lipinski definition) is 1. The van der Waals surface area contributed by atoms with Crippen LogP contribution in [-0.2, 0) is 0 Å². The summed E-state index contributed by atoms with van der Waals surface area (Å²) in [4.78, 5) is 4.45. The molecule has 18 heavy (non-hydrogen) atoms. The van der Waals surface area contributed by atoms with Crippen molar-refractivity contribution < 1.29 is 0 Å². The van der Waals surface area contributed by atoms with Gasteiger partial charge in [0.2, 0.25) is 0 Å². The number of nitrogens with zero attached hydrogens (tertiary/aromatic N) is 1. The first-order valence-corrected chi connectivity index (χ1v) is 7.56. The fourth-order valence-electron chi connectivity index (χ4n) is 3.04. The van der Waals surface area contributed by atoms with Gasteiger partial charge in [0.1, 0.15) is 4.60 Å². The van der Waals surface area contributed by atoms with E-state index < -0.39 is 0 Å². The summed E-state index contributed by atoms with van der Waals surface area (Å²) in [5.74, 6) is 0.719. The minimum Gasteiger partial charge on any atom is -0.381 e. The summed E-state index contributed by atoms with van der Waals surface area (Å²) in [5, 5.41) is 3.68. The van der Waals surface area contributed by atoms with Gasteiger partial charge in [-0.2, -0.15) is 0 Å². The molecule has 100 valence electrons. The van der Waals surface area contributed by atoms with Crippen molar-refractivity contribution in [2.75, 3.05) is 5.32 Å². The Morgan fingerprint density at radius 2 is 2.11 bits per heavy atom. The fraction of sp³-hybridized carbons (Fsp3) is 0.667. The highest BCUT2D eigenvalue weighted by Crippen LogP contribution is 2.39. The van der Waals surface area contributed by atoms with Crippen LogP contribution < -0.4 is 5.32 Å². The monoisotopic (exact) mass is 310 g/mol. The molecule has 3 heteroatoms. The number of halogens is 1. The molecule has 0 radical (unpaired) electrons. The second-order valence-corrected chi connectivity index (χ2v) is 7.21. The van der Waals surface area contributed by atoms with Crippen LogP contribution in [0.1, 0.15) is 45.7 Å². The van der Waals surface area contributed by atoms with Gasteiger partial charge >= 0.3 is 0 Å². The Morgan fingerprint density at radius 1 is 1.39 bits per heavy atom. The normalized spacial score (nSPS) is 26.9. The van der Waals surface area contributed by atoms with Crippen molar-refractivity contribution in [3.8, 4) is 0 Å². The molecule has 0 aliphatic heterocycles. The lowest BCUT2D eigenvalue weighted by Gasteiger charge is -2.40. The van der Waals surface area contributed by atoms with Crippen molar-refractivity contribution in [3.63, 3.8) is 0 Å². The first-order valence-electron chi connectivity index (χ1n) is 6.77. The van der Waals surface area contributed by atoms with Gasteiger partial charge in [-0.1, -0.05) is 20.8 Å². The maximum atomic E-state index is 4.45. The van der Waals surface area contributed by atoms with Gasteiger partial charge in [-0.05, 0) is 65.6 Å². The molecule has 0 aromatic carbocycles. The van der Waals surface area contributed by atoms with E-state index in [1.54, 1.807) is 0 Å². The van der Waals surface area contributed by atoms with E-state index in [0.29, 0.717) is 11.5 Å². The van der Waals surface area contributed by atoms with Gasteiger partial charge in [0.15, 0.2) is 0 Å². The number of nitrogens with one attached hydrogen (secondary N) is 1. The molecule has 2 rings (SSSR count). The van der Waals surface area contributed by atoms with Crippen molar-refractivity contribution in [3.05, 3.63) is 22.4 Å². The van der Waals surface area contributed by atoms with Gasteiger partial charge in [0.05, 0.1) is 11.4 Å². The van der Waals surface area contributed by atoms with E-state index in [9.17, 15) is 0 Å². The highest BCUT2D eigenvalue weighted by Gasteiger charge is 2.32. The van der Waals surface area contributed by atoms with Crippen LogP contribution in [0.5, 0.6) is 0 Å². The predicted octanol–water partition coefficient (Wildman–Crippen LogP) is 4.78. The molecule has 1 fully saturated rings. The third-order valence-electron chi connectivity index (χ3n) is 4.09. The molecule has 1 heterocycles. The summed E-state index contributed by atoms with van der Waals surface area (Å²) in [7, 11) is 0. The molecule has 0 amide bonds. The topological polar surface area (TPSA) is 24.9 Å². The molecule has 1 aromatic rings. The predicted molar refractivity (Wildman–Crippen MR) is 80.9 cm³/mol. The Balaban J connectivity index is 2.06. The molecule has 2 atom stereocenters. The first-order chi connectivity index (χ1) is 8.37. The molecule has 0 spiro atoms. The average Bonchev–Trinajstić information content (AvgIpc) is 2.24. The summed E-state index contributed by atoms with van der Waals surface area (Å²) in [5.41, 5.74) is 2.75. The van der Waals surface area contributed by atoms with Crippen LogP contribution in [0.4, 0.5) is 5.69 Å². The molecule has 2 unspecified atom stereocenters. The quantitative estimate of drug-likeness (QED) is 0.795. The Bertz CT molecular complexity index is 429. The molecular weight excluding hydrogens is 288 g/mol. The zero-order chi connectivity index (χ0) is 13.3. The Morgan fingerprint density at radius 3 is 2.72 bits per heavy atom. The van der Waals surface area contributed by atoms with Crippen LogP contribution in [0.2, 0.25) is 0 Å². The van der Waals surface area contributed by atoms with Crippen molar-refractivity contribution in [1.82, 2.24) is 4.98 Å².